The molecular formula is C14H17N3O2S. The first kappa shape index (κ1) is 14.3. The highest BCUT2D eigenvalue weighted by atomic mass is 32.1. The molecule has 3 N–H and O–H groups in total. The van der Waals surface area contributed by atoms with Crippen molar-refractivity contribution in [2.24, 2.45) is 0 Å². The summed E-state index contributed by atoms with van der Waals surface area (Å²) in [5.74, 6) is 0.0732. The van der Waals surface area contributed by atoms with Gasteiger partial charge in [0.1, 0.15) is 5.82 Å². The number of pyridine rings is 1. The fourth-order valence-corrected chi connectivity index (χ4v) is 2.58. The highest BCUT2D eigenvalue weighted by Gasteiger charge is 2.14. The summed E-state index contributed by atoms with van der Waals surface area (Å²) in [5, 5.41) is 3.15. The maximum Gasteiger partial charge on any atom is 0.340 e. The highest BCUT2D eigenvalue weighted by Crippen LogP contribution is 2.23. The summed E-state index contributed by atoms with van der Waals surface area (Å²) in [4.78, 5) is 18.3. The van der Waals surface area contributed by atoms with Crippen molar-refractivity contribution in [3.05, 3.63) is 39.7 Å². The smallest absolute Gasteiger partial charge is 0.340 e. The number of anilines is 2. The van der Waals surface area contributed by atoms with E-state index in [0.717, 1.165) is 0 Å². The molecule has 6 heteroatoms. The average molecular weight is 291 g/mol. The molecular weight excluding hydrogens is 274 g/mol. The van der Waals surface area contributed by atoms with Gasteiger partial charge in [-0.25, -0.2) is 9.78 Å². The lowest BCUT2D eigenvalue weighted by atomic mass is 10.2. The van der Waals surface area contributed by atoms with Gasteiger partial charge in [-0.15, -0.1) is 11.3 Å². The minimum Gasteiger partial charge on any atom is -0.462 e. The highest BCUT2D eigenvalue weighted by molar-refractivity contribution is 7.11. The number of esters is 1. The molecule has 2 aromatic heterocycles. The van der Waals surface area contributed by atoms with E-state index in [1.807, 2.05) is 0 Å². The second-order valence-corrected chi connectivity index (χ2v) is 5.58. The van der Waals surface area contributed by atoms with Crippen LogP contribution >= 0.6 is 11.3 Å². The number of rotatable bonds is 5. The van der Waals surface area contributed by atoms with Crippen molar-refractivity contribution in [1.29, 1.82) is 0 Å². The number of nitrogens with one attached hydrogen (secondary N) is 1. The molecule has 0 saturated heterocycles. The zero-order valence-electron chi connectivity index (χ0n) is 11.5. The van der Waals surface area contributed by atoms with E-state index in [-0.39, 0.29) is 0 Å². The van der Waals surface area contributed by atoms with Gasteiger partial charge in [-0.2, -0.15) is 0 Å². The van der Waals surface area contributed by atoms with Crippen LogP contribution in [0.3, 0.4) is 0 Å². The third-order valence-electron chi connectivity index (χ3n) is 2.71. The Hall–Kier alpha value is -2.08. The SMILES string of the molecule is CCOC(=O)c1ccnc(NCc2ccc(C)s2)c1N. The molecule has 0 bridgehead atoms. The van der Waals surface area contributed by atoms with E-state index < -0.39 is 5.97 Å². The van der Waals surface area contributed by atoms with Gasteiger partial charge in [0.2, 0.25) is 0 Å². The first-order chi connectivity index (χ1) is 9.61. The normalized spacial score (nSPS) is 10.3. The lowest BCUT2D eigenvalue weighted by Crippen LogP contribution is -2.11. The summed E-state index contributed by atoms with van der Waals surface area (Å²) in [6.07, 6.45) is 1.55. The van der Waals surface area contributed by atoms with Gasteiger partial charge in [0, 0.05) is 16.0 Å². The number of nitrogen functional groups attached to an aromatic ring is 1. The Bertz CT molecular complexity index is 610. The number of ether oxygens (including phenoxy) is 1. The predicted octanol–water partition coefficient (Wildman–Crippen LogP) is 2.82. The van der Waals surface area contributed by atoms with Gasteiger partial charge in [0.05, 0.1) is 24.4 Å². The minimum atomic E-state index is -0.428. The second kappa shape index (κ2) is 6.38. The van der Waals surface area contributed by atoms with Crippen LogP contribution in [0, 0.1) is 6.92 Å². The van der Waals surface area contributed by atoms with Crippen molar-refractivity contribution < 1.29 is 9.53 Å². The van der Waals surface area contributed by atoms with Crippen LogP contribution < -0.4 is 11.1 Å². The van der Waals surface area contributed by atoms with Gasteiger partial charge in [-0.05, 0) is 32.0 Å². The number of carbonyl (C=O) groups excluding carboxylic acids is 1. The number of aromatic nitrogens is 1. The molecule has 0 aliphatic heterocycles. The molecule has 0 unspecified atom stereocenters. The van der Waals surface area contributed by atoms with Crippen molar-refractivity contribution in [3.8, 4) is 0 Å². The first-order valence-electron chi connectivity index (χ1n) is 6.32. The number of aryl methyl sites for hydroxylation is 1. The van der Waals surface area contributed by atoms with Crippen molar-refractivity contribution in [1.82, 2.24) is 4.98 Å². The molecule has 0 aliphatic rings. The van der Waals surface area contributed by atoms with Crippen LogP contribution in [0.25, 0.3) is 0 Å². The van der Waals surface area contributed by atoms with E-state index in [4.69, 9.17) is 10.5 Å². The van der Waals surface area contributed by atoms with Gasteiger partial charge in [-0.1, -0.05) is 0 Å². The number of thiophene rings is 1. The fraction of sp³-hybridized carbons (Fsp3) is 0.286. The summed E-state index contributed by atoms with van der Waals surface area (Å²) in [7, 11) is 0. The number of hydrogen-bond acceptors (Lipinski definition) is 6. The molecule has 20 heavy (non-hydrogen) atoms. The van der Waals surface area contributed by atoms with Crippen LogP contribution in [0.4, 0.5) is 11.5 Å². The standard InChI is InChI=1S/C14H17N3O2S/c1-3-19-14(18)11-6-7-16-13(12(11)15)17-8-10-5-4-9(2)20-10/h4-7H,3,8,15H2,1-2H3,(H,16,17). The van der Waals surface area contributed by atoms with Crippen LogP contribution in [-0.2, 0) is 11.3 Å². The van der Waals surface area contributed by atoms with Crippen LogP contribution in [0.1, 0.15) is 27.0 Å². The van der Waals surface area contributed by atoms with Crippen LogP contribution in [0.5, 0.6) is 0 Å². The first-order valence-corrected chi connectivity index (χ1v) is 7.14. The number of carbonyl (C=O) groups is 1. The largest absolute Gasteiger partial charge is 0.462 e. The van der Waals surface area contributed by atoms with Crippen molar-refractivity contribution in [2.45, 2.75) is 20.4 Å². The van der Waals surface area contributed by atoms with Crippen molar-refractivity contribution in [3.63, 3.8) is 0 Å². The molecule has 106 valence electrons. The number of nitrogens with zero attached hydrogens (tertiary/aromatic N) is 1. The molecule has 0 aliphatic carbocycles. The fourth-order valence-electron chi connectivity index (χ4n) is 1.75. The second-order valence-electron chi connectivity index (χ2n) is 4.21. The number of hydrogen-bond donors (Lipinski definition) is 2. The third kappa shape index (κ3) is 3.27. The average Bonchev–Trinajstić information content (AvgIpc) is 2.83. The predicted molar refractivity (Wildman–Crippen MR) is 81.0 cm³/mol. The van der Waals surface area contributed by atoms with E-state index >= 15 is 0 Å². The van der Waals surface area contributed by atoms with E-state index in [2.05, 4.69) is 29.4 Å². The van der Waals surface area contributed by atoms with Crippen LogP contribution in [-0.4, -0.2) is 17.6 Å². The number of nitrogens with two attached hydrogens (primary N) is 1. The van der Waals surface area contributed by atoms with Crippen LogP contribution in [0.15, 0.2) is 24.4 Å². The quantitative estimate of drug-likeness (QED) is 0.828. The summed E-state index contributed by atoms with van der Waals surface area (Å²) in [6, 6.07) is 5.68. The molecule has 0 fully saturated rings. The van der Waals surface area contributed by atoms with E-state index in [9.17, 15) is 4.79 Å². The Morgan fingerprint density at radius 3 is 2.90 bits per heavy atom. The van der Waals surface area contributed by atoms with Gasteiger partial charge < -0.3 is 15.8 Å². The minimum absolute atomic E-state index is 0.317. The lowest BCUT2D eigenvalue weighted by molar-refractivity contribution is 0.0527. The maximum absolute atomic E-state index is 11.7. The summed E-state index contributed by atoms with van der Waals surface area (Å²) in [5.41, 5.74) is 6.62. The Kier molecular flexibility index (Phi) is 4.57. The van der Waals surface area contributed by atoms with Gasteiger partial charge in [-0.3, -0.25) is 0 Å². The van der Waals surface area contributed by atoms with E-state index in [1.165, 1.54) is 9.75 Å². The Morgan fingerprint density at radius 2 is 2.25 bits per heavy atom. The molecule has 0 atom stereocenters. The van der Waals surface area contributed by atoms with E-state index in [0.29, 0.717) is 30.2 Å². The molecule has 0 radical (unpaired) electrons. The molecule has 2 heterocycles. The molecule has 2 rings (SSSR count). The molecule has 0 spiro atoms. The summed E-state index contributed by atoms with van der Waals surface area (Å²) >= 11 is 1.71. The zero-order valence-corrected chi connectivity index (χ0v) is 12.3. The Labute approximate surface area is 121 Å². The third-order valence-corrected chi connectivity index (χ3v) is 3.71. The Morgan fingerprint density at radius 1 is 1.45 bits per heavy atom. The molecule has 5 nitrogen and oxygen atoms in total. The van der Waals surface area contributed by atoms with Crippen molar-refractivity contribution >= 4 is 28.8 Å². The monoisotopic (exact) mass is 291 g/mol. The maximum atomic E-state index is 11.7. The summed E-state index contributed by atoms with van der Waals surface area (Å²) in [6.45, 7) is 4.76. The zero-order chi connectivity index (χ0) is 14.5. The van der Waals surface area contributed by atoms with Crippen LogP contribution in [0.2, 0.25) is 0 Å². The molecule has 2 aromatic rings. The lowest BCUT2D eigenvalue weighted by Gasteiger charge is -2.10. The van der Waals surface area contributed by atoms with Gasteiger partial charge in [0.15, 0.2) is 0 Å². The topological polar surface area (TPSA) is 77.2 Å². The summed E-state index contributed by atoms with van der Waals surface area (Å²) < 4.78 is 4.96. The molecule has 0 saturated carbocycles. The van der Waals surface area contributed by atoms with Gasteiger partial charge in [0.25, 0.3) is 0 Å². The molecule has 0 amide bonds. The van der Waals surface area contributed by atoms with Crippen molar-refractivity contribution in [2.75, 3.05) is 17.7 Å². The van der Waals surface area contributed by atoms with E-state index in [1.54, 1.807) is 30.5 Å². The van der Waals surface area contributed by atoms with Gasteiger partial charge >= 0.3 is 5.97 Å². The molecule has 0 aromatic carbocycles. The Balaban J connectivity index is 2.12.